The molecule has 4 rings (SSSR count). The quantitative estimate of drug-likeness (QED) is 0.521. The summed E-state index contributed by atoms with van der Waals surface area (Å²) in [4.78, 5) is 13.6. The van der Waals surface area contributed by atoms with Crippen molar-refractivity contribution in [2.75, 3.05) is 19.0 Å². The van der Waals surface area contributed by atoms with Gasteiger partial charge in [0.25, 0.3) is 0 Å². The molecule has 0 aliphatic carbocycles. The van der Waals surface area contributed by atoms with Gasteiger partial charge in [0, 0.05) is 28.2 Å². The molecular weight excluding hydrogens is 401 g/mol. The van der Waals surface area contributed by atoms with E-state index >= 15 is 0 Å². The van der Waals surface area contributed by atoms with Gasteiger partial charge in [-0.1, -0.05) is 32.0 Å². The van der Waals surface area contributed by atoms with E-state index in [2.05, 4.69) is 19.2 Å². The number of anilines is 1. The number of benzene rings is 2. The molecule has 2 aromatic carbocycles. The molecule has 2 heterocycles. The normalized spacial score (nSPS) is 15.6. The lowest BCUT2D eigenvalue weighted by Crippen LogP contribution is -2.22. The van der Waals surface area contributed by atoms with Crippen molar-refractivity contribution in [2.45, 2.75) is 26.2 Å². The summed E-state index contributed by atoms with van der Waals surface area (Å²) in [5, 5.41) is 4.97. The second-order valence-corrected chi connectivity index (χ2v) is 8.73. The standard InChI is InChI=1S/C24H24FNO3S/c1-14(2)12-29-20-8-7-16(10-21(20)28-3)18-11-22(27)26-23-19(13-30-24(18)23)15-5-4-6-17(25)9-15/h4-10,13-14,18H,11-12H2,1-3H3,(H,26,27)/t18-/m0/s1. The van der Waals surface area contributed by atoms with Crippen LogP contribution in [0.1, 0.15) is 36.6 Å². The molecule has 1 N–H and O–H groups in total. The minimum atomic E-state index is -0.298. The van der Waals surface area contributed by atoms with E-state index in [1.165, 1.54) is 12.1 Å². The number of hydrogen-bond acceptors (Lipinski definition) is 4. The first-order valence-corrected chi connectivity index (χ1v) is 10.8. The summed E-state index contributed by atoms with van der Waals surface area (Å²) in [5.74, 6) is 1.32. The topological polar surface area (TPSA) is 47.6 Å². The minimum Gasteiger partial charge on any atom is -0.493 e. The number of amides is 1. The van der Waals surface area contributed by atoms with Crippen LogP contribution in [0.25, 0.3) is 11.1 Å². The first-order chi connectivity index (χ1) is 14.5. The van der Waals surface area contributed by atoms with Gasteiger partial charge in [-0.15, -0.1) is 11.3 Å². The fraction of sp³-hybridized carbons (Fsp3) is 0.292. The molecule has 30 heavy (non-hydrogen) atoms. The summed E-state index contributed by atoms with van der Waals surface area (Å²) in [6, 6.07) is 12.3. The Kier molecular flexibility index (Phi) is 5.77. The molecule has 0 fully saturated rings. The maximum atomic E-state index is 13.7. The van der Waals surface area contributed by atoms with Crippen molar-refractivity contribution in [3.63, 3.8) is 0 Å². The smallest absolute Gasteiger partial charge is 0.225 e. The van der Waals surface area contributed by atoms with Crippen LogP contribution < -0.4 is 14.8 Å². The first kappa shape index (κ1) is 20.4. The highest BCUT2D eigenvalue weighted by Crippen LogP contribution is 2.47. The van der Waals surface area contributed by atoms with Crippen LogP contribution >= 0.6 is 11.3 Å². The van der Waals surface area contributed by atoms with Crippen LogP contribution in [0.2, 0.25) is 0 Å². The average Bonchev–Trinajstić information content (AvgIpc) is 3.15. The third kappa shape index (κ3) is 4.05. The molecular formula is C24H24FNO3S. The molecule has 4 nitrogen and oxygen atoms in total. The Balaban J connectivity index is 1.71. The van der Waals surface area contributed by atoms with Crippen LogP contribution in [0, 0.1) is 11.7 Å². The number of hydrogen-bond donors (Lipinski definition) is 1. The molecule has 0 unspecified atom stereocenters. The largest absolute Gasteiger partial charge is 0.493 e. The number of carbonyl (C=O) groups excluding carboxylic acids is 1. The maximum Gasteiger partial charge on any atom is 0.225 e. The summed E-state index contributed by atoms with van der Waals surface area (Å²) < 4.78 is 25.1. The van der Waals surface area contributed by atoms with E-state index in [-0.39, 0.29) is 17.6 Å². The summed E-state index contributed by atoms with van der Waals surface area (Å²) in [6.07, 6.45) is 0.353. The molecule has 0 spiro atoms. The van der Waals surface area contributed by atoms with E-state index in [1.807, 2.05) is 29.6 Å². The second-order valence-electron chi connectivity index (χ2n) is 7.82. The second kappa shape index (κ2) is 8.48. The zero-order chi connectivity index (χ0) is 21.3. The fourth-order valence-electron chi connectivity index (χ4n) is 3.64. The number of fused-ring (bicyclic) bond motifs is 1. The summed E-state index contributed by atoms with van der Waals surface area (Å²) in [6.45, 7) is 4.79. The van der Waals surface area contributed by atoms with Crippen molar-refractivity contribution in [3.05, 3.63) is 64.1 Å². The number of thiophene rings is 1. The van der Waals surface area contributed by atoms with Gasteiger partial charge in [-0.05, 0) is 41.3 Å². The lowest BCUT2D eigenvalue weighted by Gasteiger charge is -2.24. The van der Waals surface area contributed by atoms with Crippen LogP contribution in [-0.4, -0.2) is 19.6 Å². The third-order valence-corrected chi connectivity index (χ3v) is 6.18. The Morgan fingerprint density at radius 2 is 2.03 bits per heavy atom. The monoisotopic (exact) mass is 425 g/mol. The van der Waals surface area contributed by atoms with Gasteiger partial charge < -0.3 is 14.8 Å². The lowest BCUT2D eigenvalue weighted by molar-refractivity contribution is -0.116. The van der Waals surface area contributed by atoms with Crippen molar-refractivity contribution in [2.24, 2.45) is 5.92 Å². The molecule has 0 saturated heterocycles. The number of carbonyl (C=O) groups is 1. The minimum absolute atomic E-state index is 0.0531. The Bertz CT molecular complexity index is 1080. The molecule has 0 radical (unpaired) electrons. The number of nitrogens with one attached hydrogen (secondary N) is 1. The predicted molar refractivity (Wildman–Crippen MR) is 118 cm³/mol. The first-order valence-electron chi connectivity index (χ1n) is 9.94. The molecule has 1 aliphatic heterocycles. The Hall–Kier alpha value is -2.86. The summed E-state index contributed by atoms with van der Waals surface area (Å²) in [5.41, 5.74) is 3.36. The van der Waals surface area contributed by atoms with Gasteiger partial charge in [0.05, 0.1) is 19.4 Å². The van der Waals surface area contributed by atoms with Crippen molar-refractivity contribution in [1.29, 1.82) is 0 Å². The highest BCUT2D eigenvalue weighted by Gasteiger charge is 2.31. The molecule has 0 saturated carbocycles. The molecule has 6 heteroatoms. The van der Waals surface area contributed by atoms with Gasteiger partial charge in [-0.2, -0.15) is 0 Å². The van der Waals surface area contributed by atoms with Crippen molar-refractivity contribution in [1.82, 2.24) is 0 Å². The SMILES string of the molecule is COc1cc([C@@H]2CC(=O)Nc3c(-c4cccc(F)c4)csc32)ccc1OCC(C)C. The fourth-order valence-corrected chi connectivity index (χ4v) is 4.80. The molecule has 3 aromatic rings. The number of halogens is 1. The molecule has 0 bridgehead atoms. The zero-order valence-corrected chi connectivity index (χ0v) is 18.0. The van der Waals surface area contributed by atoms with Crippen LogP contribution in [0.5, 0.6) is 11.5 Å². The molecule has 1 aliphatic rings. The number of methoxy groups -OCH3 is 1. The van der Waals surface area contributed by atoms with Crippen LogP contribution in [0.15, 0.2) is 47.8 Å². The number of ether oxygens (including phenoxy) is 2. The van der Waals surface area contributed by atoms with Crippen molar-refractivity contribution < 1.29 is 18.7 Å². The van der Waals surface area contributed by atoms with E-state index in [1.54, 1.807) is 24.5 Å². The predicted octanol–water partition coefficient (Wildman–Crippen LogP) is 6.07. The van der Waals surface area contributed by atoms with E-state index < -0.39 is 0 Å². The number of rotatable bonds is 6. The highest BCUT2D eigenvalue weighted by molar-refractivity contribution is 7.11. The van der Waals surface area contributed by atoms with Crippen molar-refractivity contribution >= 4 is 22.9 Å². The zero-order valence-electron chi connectivity index (χ0n) is 17.2. The van der Waals surface area contributed by atoms with Crippen LogP contribution in [0.4, 0.5) is 10.1 Å². The summed E-state index contributed by atoms with van der Waals surface area (Å²) in [7, 11) is 1.62. The van der Waals surface area contributed by atoms with E-state index in [0.29, 0.717) is 30.4 Å². The van der Waals surface area contributed by atoms with Gasteiger partial charge >= 0.3 is 0 Å². The van der Waals surface area contributed by atoms with Gasteiger partial charge in [0.15, 0.2) is 11.5 Å². The van der Waals surface area contributed by atoms with Crippen LogP contribution in [-0.2, 0) is 4.79 Å². The Morgan fingerprint density at radius 3 is 2.77 bits per heavy atom. The molecule has 1 amide bonds. The van der Waals surface area contributed by atoms with Gasteiger partial charge in [0.2, 0.25) is 5.91 Å². The molecule has 156 valence electrons. The van der Waals surface area contributed by atoms with E-state index in [0.717, 1.165) is 27.3 Å². The highest BCUT2D eigenvalue weighted by atomic mass is 32.1. The molecule has 1 atom stereocenters. The van der Waals surface area contributed by atoms with E-state index in [4.69, 9.17) is 9.47 Å². The third-order valence-electron chi connectivity index (χ3n) is 5.09. The van der Waals surface area contributed by atoms with Gasteiger partial charge in [-0.3, -0.25) is 4.79 Å². The lowest BCUT2D eigenvalue weighted by atomic mass is 9.89. The van der Waals surface area contributed by atoms with Gasteiger partial charge in [0.1, 0.15) is 5.82 Å². The molecule has 1 aromatic heterocycles. The average molecular weight is 426 g/mol. The van der Waals surface area contributed by atoms with Crippen molar-refractivity contribution in [3.8, 4) is 22.6 Å². The van der Waals surface area contributed by atoms with E-state index in [9.17, 15) is 9.18 Å². The Labute approximate surface area is 179 Å². The maximum absolute atomic E-state index is 13.7. The summed E-state index contributed by atoms with van der Waals surface area (Å²) >= 11 is 1.58. The van der Waals surface area contributed by atoms with Crippen LogP contribution in [0.3, 0.4) is 0 Å². The van der Waals surface area contributed by atoms with Gasteiger partial charge in [-0.25, -0.2) is 4.39 Å². The Morgan fingerprint density at radius 1 is 1.20 bits per heavy atom.